The van der Waals surface area contributed by atoms with Crippen LogP contribution in [-0.2, 0) is 22.6 Å². The van der Waals surface area contributed by atoms with Gasteiger partial charge < -0.3 is 20.3 Å². The fraction of sp³-hybridized carbons (Fsp3) is 0.200. The molecule has 0 saturated carbocycles. The summed E-state index contributed by atoms with van der Waals surface area (Å²) in [7, 11) is 0. The first kappa shape index (κ1) is 14.6. The third kappa shape index (κ3) is 5.40. The highest BCUT2D eigenvalue weighted by atomic mass is 16.6. The summed E-state index contributed by atoms with van der Waals surface area (Å²) in [4.78, 5) is 16.4. The van der Waals surface area contributed by atoms with Gasteiger partial charge in [0.15, 0.2) is 6.61 Å². The van der Waals surface area contributed by atoms with E-state index in [2.05, 4.69) is 10.5 Å². The van der Waals surface area contributed by atoms with Crippen LogP contribution in [0.2, 0.25) is 0 Å². The Hall–Kier alpha value is -2.76. The van der Waals surface area contributed by atoms with Crippen molar-refractivity contribution in [2.45, 2.75) is 13.0 Å². The Bertz CT molecular complexity index is 579. The second kappa shape index (κ2) is 7.74. The average Bonchev–Trinajstić information content (AvgIpc) is 2.99. The number of rotatable bonds is 7. The number of carbonyl (C=O) groups excluding carboxylic acids is 1. The van der Waals surface area contributed by atoms with Crippen LogP contribution in [0.25, 0.3) is 0 Å². The van der Waals surface area contributed by atoms with E-state index >= 15 is 0 Å². The summed E-state index contributed by atoms with van der Waals surface area (Å²) >= 11 is 0. The molecule has 0 saturated heterocycles. The van der Waals surface area contributed by atoms with E-state index in [0.717, 1.165) is 5.56 Å². The van der Waals surface area contributed by atoms with Crippen LogP contribution in [0.5, 0.6) is 0 Å². The fourth-order valence-corrected chi connectivity index (χ4v) is 1.66. The lowest BCUT2D eigenvalue weighted by Crippen LogP contribution is -2.26. The van der Waals surface area contributed by atoms with Gasteiger partial charge in [0, 0.05) is 6.42 Å². The smallest absolute Gasteiger partial charge is 0.261 e. The number of amides is 1. The normalized spacial score (nSPS) is 11.1. The maximum Gasteiger partial charge on any atom is 0.261 e. The number of carbonyl (C=O) groups is 1. The van der Waals surface area contributed by atoms with Crippen molar-refractivity contribution in [3.05, 3.63) is 60.1 Å². The number of amidine groups is 1. The predicted molar refractivity (Wildman–Crippen MR) is 78.3 cm³/mol. The molecule has 0 unspecified atom stereocenters. The van der Waals surface area contributed by atoms with Gasteiger partial charge in [-0.25, -0.2) is 0 Å². The molecule has 21 heavy (non-hydrogen) atoms. The molecule has 2 aromatic rings. The lowest BCUT2D eigenvalue weighted by Gasteiger charge is -2.03. The lowest BCUT2D eigenvalue weighted by atomic mass is 10.1. The molecule has 6 nitrogen and oxygen atoms in total. The Morgan fingerprint density at radius 3 is 2.76 bits per heavy atom. The van der Waals surface area contributed by atoms with Crippen molar-refractivity contribution in [2.24, 2.45) is 10.9 Å². The topological polar surface area (TPSA) is 89.9 Å². The lowest BCUT2D eigenvalue weighted by molar-refractivity contribution is -0.125. The number of nitrogens with zero attached hydrogens (tertiary/aromatic N) is 1. The van der Waals surface area contributed by atoms with Gasteiger partial charge in [0.1, 0.15) is 11.6 Å². The van der Waals surface area contributed by atoms with E-state index in [1.807, 2.05) is 30.3 Å². The van der Waals surface area contributed by atoms with Crippen molar-refractivity contribution < 1.29 is 14.0 Å². The van der Waals surface area contributed by atoms with Gasteiger partial charge in [-0.3, -0.25) is 4.79 Å². The highest BCUT2D eigenvalue weighted by molar-refractivity contribution is 5.82. The summed E-state index contributed by atoms with van der Waals surface area (Å²) in [5.74, 6) is 0.707. The van der Waals surface area contributed by atoms with E-state index in [1.165, 1.54) is 0 Å². The number of hydrogen-bond acceptors (Lipinski definition) is 4. The van der Waals surface area contributed by atoms with Gasteiger partial charge in [-0.15, -0.1) is 0 Å². The van der Waals surface area contributed by atoms with Crippen LogP contribution in [0.4, 0.5) is 0 Å². The van der Waals surface area contributed by atoms with E-state index in [0.29, 0.717) is 24.6 Å². The molecule has 0 fully saturated rings. The van der Waals surface area contributed by atoms with Crippen molar-refractivity contribution in [3.8, 4) is 0 Å². The first-order valence-electron chi connectivity index (χ1n) is 6.51. The molecule has 110 valence electrons. The predicted octanol–water partition coefficient (Wildman–Crippen LogP) is 1.43. The van der Waals surface area contributed by atoms with Crippen LogP contribution in [0, 0.1) is 0 Å². The molecule has 1 amide bonds. The molecule has 0 bridgehead atoms. The largest absolute Gasteiger partial charge is 0.467 e. The molecule has 1 aromatic carbocycles. The number of benzene rings is 1. The number of nitrogens with two attached hydrogens (primary N) is 1. The minimum atomic E-state index is -0.289. The number of nitrogens with one attached hydrogen (secondary N) is 1. The van der Waals surface area contributed by atoms with E-state index < -0.39 is 0 Å². The monoisotopic (exact) mass is 287 g/mol. The molecular formula is C15H17N3O3. The summed E-state index contributed by atoms with van der Waals surface area (Å²) in [5, 5.41) is 6.36. The van der Waals surface area contributed by atoms with Crippen molar-refractivity contribution in [1.82, 2.24) is 5.32 Å². The molecule has 0 radical (unpaired) electrons. The molecule has 1 aromatic heterocycles. The molecule has 1 heterocycles. The molecule has 2 rings (SSSR count). The van der Waals surface area contributed by atoms with E-state index in [-0.39, 0.29) is 12.5 Å². The third-order valence-electron chi connectivity index (χ3n) is 2.65. The Morgan fingerprint density at radius 2 is 2.05 bits per heavy atom. The molecule has 0 aliphatic carbocycles. The summed E-state index contributed by atoms with van der Waals surface area (Å²) in [6.07, 6.45) is 2.03. The van der Waals surface area contributed by atoms with E-state index in [9.17, 15) is 4.79 Å². The Morgan fingerprint density at radius 1 is 1.24 bits per heavy atom. The molecule has 0 aliphatic heterocycles. The molecular weight excluding hydrogens is 270 g/mol. The zero-order valence-corrected chi connectivity index (χ0v) is 11.5. The van der Waals surface area contributed by atoms with Gasteiger partial charge in [-0.1, -0.05) is 35.5 Å². The standard InChI is InChI=1S/C15H17N3O3/c16-14(9-12-5-2-1-3-6-12)18-21-11-15(19)17-10-13-7-4-8-20-13/h1-8H,9-11H2,(H2,16,18)(H,17,19). The number of furan rings is 1. The summed E-state index contributed by atoms with van der Waals surface area (Å²) in [6, 6.07) is 13.2. The van der Waals surface area contributed by atoms with Gasteiger partial charge in [0.25, 0.3) is 5.91 Å². The van der Waals surface area contributed by atoms with Crippen molar-refractivity contribution in [2.75, 3.05) is 6.61 Å². The van der Waals surface area contributed by atoms with Crippen LogP contribution >= 0.6 is 0 Å². The molecule has 0 spiro atoms. The minimum absolute atomic E-state index is 0.184. The van der Waals surface area contributed by atoms with Gasteiger partial charge in [0.2, 0.25) is 0 Å². The summed E-state index contributed by atoms with van der Waals surface area (Å²) < 4.78 is 5.09. The van der Waals surface area contributed by atoms with E-state index in [1.54, 1.807) is 18.4 Å². The Labute approximate surface area is 122 Å². The van der Waals surface area contributed by atoms with Gasteiger partial charge >= 0.3 is 0 Å². The summed E-state index contributed by atoms with van der Waals surface area (Å²) in [5.41, 5.74) is 6.75. The SMILES string of the molecule is N/C(Cc1ccccc1)=N\OCC(=O)NCc1ccco1. The van der Waals surface area contributed by atoms with Crippen molar-refractivity contribution >= 4 is 11.7 Å². The highest BCUT2D eigenvalue weighted by Gasteiger charge is 2.03. The van der Waals surface area contributed by atoms with Crippen molar-refractivity contribution in [1.29, 1.82) is 0 Å². The Kier molecular flexibility index (Phi) is 5.40. The maximum atomic E-state index is 11.5. The minimum Gasteiger partial charge on any atom is -0.467 e. The third-order valence-corrected chi connectivity index (χ3v) is 2.65. The number of hydrogen-bond donors (Lipinski definition) is 2. The summed E-state index contributed by atoms with van der Waals surface area (Å²) in [6.45, 7) is 0.134. The van der Waals surface area contributed by atoms with Gasteiger partial charge in [-0.2, -0.15) is 0 Å². The zero-order valence-electron chi connectivity index (χ0n) is 11.5. The first-order chi connectivity index (χ1) is 10.2. The zero-order chi connectivity index (χ0) is 14.9. The molecule has 3 N–H and O–H groups in total. The van der Waals surface area contributed by atoms with Crippen LogP contribution in [0.1, 0.15) is 11.3 Å². The maximum absolute atomic E-state index is 11.5. The fourth-order valence-electron chi connectivity index (χ4n) is 1.66. The second-order valence-corrected chi connectivity index (χ2v) is 4.37. The quantitative estimate of drug-likeness (QED) is 0.458. The van der Waals surface area contributed by atoms with Gasteiger partial charge in [0.05, 0.1) is 12.8 Å². The second-order valence-electron chi connectivity index (χ2n) is 4.37. The molecule has 0 aliphatic rings. The molecule has 0 atom stereocenters. The average molecular weight is 287 g/mol. The highest BCUT2D eigenvalue weighted by Crippen LogP contribution is 2.00. The van der Waals surface area contributed by atoms with Crippen LogP contribution in [0.15, 0.2) is 58.3 Å². The van der Waals surface area contributed by atoms with E-state index in [4.69, 9.17) is 15.0 Å². The van der Waals surface area contributed by atoms with Crippen LogP contribution in [0.3, 0.4) is 0 Å². The number of oxime groups is 1. The van der Waals surface area contributed by atoms with Crippen molar-refractivity contribution in [3.63, 3.8) is 0 Å². The van der Waals surface area contributed by atoms with Crippen LogP contribution < -0.4 is 11.1 Å². The Balaban J connectivity index is 1.67. The first-order valence-corrected chi connectivity index (χ1v) is 6.51. The molecule has 6 heteroatoms. The van der Waals surface area contributed by atoms with Gasteiger partial charge in [-0.05, 0) is 17.7 Å². The van der Waals surface area contributed by atoms with Crippen LogP contribution in [-0.4, -0.2) is 18.3 Å².